The highest BCUT2D eigenvalue weighted by molar-refractivity contribution is 7.99. The molecule has 0 aliphatic carbocycles. The number of nitrogens with zero attached hydrogens (tertiary/aromatic N) is 1. The molecule has 1 rings (SSSR count). The van der Waals surface area contributed by atoms with E-state index in [9.17, 15) is 10.0 Å². The normalized spacial score (nSPS) is 12.5. The van der Waals surface area contributed by atoms with E-state index in [0.29, 0.717) is 10.9 Å². The highest BCUT2D eigenvalue weighted by atomic mass is 32.2. The van der Waals surface area contributed by atoms with E-state index in [1.165, 1.54) is 18.0 Å². The molecule has 1 aromatic heterocycles. The fourth-order valence-electron chi connectivity index (χ4n) is 1.13. The van der Waals surface area contributed by atoms with Crippen molar-refractivity contribution >= 4 is 17.7 Å². The molecule has 1 N–H and O–H groups in total. The van der Waals surface area contributed by atoms with Crippen molar-refractivity contribution in [2.45, 2.75) is 31.8 Å². The summed E-state index contributed by atoms with van der Waals surface area (Å²) in [5.41, 5.74) is 0. The van der Waals surface area contributed by atoms with Crippen LogP contribution in [-0.4, -0.2) is 17.7 Å². The maximum atomic E-state index is 11.6. The second-order valence-corrected chi connectivity index (χ2v) is 5.25. The number of hydrogen-bond acceptors (Lipinski definition) is 3. The van der Waals surface area contributed by atoms with Gasteiger partial charge in [0, 0.05) is 18.2 Å². The highest BCUT2D eigenvalue weighted by Crippen LogP contribution is 2.12. The Bertz CT molecular complexity index is 383. The molecule has 0 fully saturated rings. The summed E-state index contributed by atoms with van der Waals surface area (Å²) >= 11 is 1.25. The topological polar surface area (TPSA) is 56.0 Å². The summed E-state index contributed by atoms with van der Waals surface area (Å²) in [6.07, 6.45) is 1.43. The quantitative estimate of drug-likeness (QED) is 0.493. The Kier molecular flexibility index (Phi) is 5.28. The minimum Gasteiger partial charge on any atom is -0.618 e. The van der Waals surface area contributed by atoms with Crippen molar-refractivity contribution < 1.29 is 9.52 Å². The second kappa shape index (κ2) is 6.49. The SMILES string of the molecule is CC(C)C(C)NC(=O)CSc1cccc[n+]1[O-]. The molecule has 1 atom stereocenters. The molecular formula is C12H18N2O2S. The van der Waals surface area contributed by atoms with Gasteiger partial charge in [-0.1, -0.05) is 13.8 Å². The van der Waals surface area contributed by atoms with E-state index in [0.717, 1.165) is 4.73 Å². The first-order valence-corrected chi connectivity index (χ1v) is 6.59. The van der Waals surface area contributed by atoms with Gasteiger partial charge in [-0.25, -0.2) is 0 Å². The molecule has 0 spiro atoms. The highest BCUT2D eigenvalue weighted by Gasteiger charge is 2.13. The van der Waals surface area contributed by atoms with Crippen LogP contribution in [-0.2, 0) is 4.79 Å². The summed E-state index contributed by atoms with van der Waals surface area (Å²) < 4.78 is 0.768. The van der Waals surface area contributed by atoms with Gasteiger partial charge in [0.2, 0.25) is 5.91 Å². The van der Waals surface area contributed by atoms with Gasteiger partial charge in [0.1, 0.15) is 0 Å². The van der Waals surface area contributed by atoms with Crippen LogP contribution in [0.4, 0.5) is 0 Å². The van der Waals surface area contributed by atoms with Crippen LogP contribution in [0.2, 0.25) is 0 Å². The number of nitrogens with one attached hydrogen (secondary N) is 1. The number of thioether (sulfide) groups is 1. The first-order valence-electron chi connectivity index (χ1n) is 5.61. The molecule has 94 valence electrons. The Hall–Kier alpha value is -1.23. The van der Waals surface area contributed by atoms with Crippen molar-refractivity contribution in [3.05, 3.63) is 29.6 Å². The average molecular weight is 254 g/mol. The second-order valence-electron chi connectivity index (χ2n) is 4.25. The molecule has 0 aliphatic rings. The first-order chi connectivity index (χ1) is 8.00. The monoisotopic (exact) mass is 254 g/mol. The number of carbonyl (C=O) groups excluding carboxylic acids is 1. The molecule has 0 saturated heterocycles. The molecule has 0 aliphatic heterocycles. The Labute approximate surface area is 106 Å². The third-order valence-electron chi connectivity index (χ3n) is 2.53. The lowest BCUT2D eigenvalue weighted by atomic mass is 10.1. The number of pyridine rings is 1. The number of carbonyl (C=O) groups is 1. The van der Waals surface area contributed by atoms with Gasteiger partial charge < -0.3 is 10.5 Å². The summed E-state index contributed by atoms with van der Waals surface area (Å²) in [6, 6.07) is 5.30. The van der Waals surface area contributed by atoms with Crippen LogP contribution in [0.3, 0.4) is 0 Å². The van der Waals surface area contributed by atoms with Crippen molar-refractivity contribution in [3.63, 3.8) is 0 Å². The van der Waals surface area contributed by atoms with E-state index in [-0.39, 0.29) is 17.7 Å². The molecule has 0 bridgehead atoms. The predicted molar refractivity (Wildman–Crippen MR) is 68.6 cm³/mol. The van der Waals surface area contributed by atoms with Crippen LogP contribution >= 0.6 is 11.8 Å². The van der Waals surface area contributed by atoms with Gasteiger partial charge in [-0.15, -0.1) is 0 Å². The summed E-state index contributed by atoms with van der Waals surface area (Å²) in [7, 11) is 0. The minimum absolute atomic E-state index is 0.0416. The molecular weight excluding hydrogens is 236 g/mol. The minimum atomic E-state index is -0.0416. The fourth-order valence-corrected chi connectivity index (χ4v) is 1.85. The van der Waals surface area contributed by atoms with E-state index < -0.39 is 0 Å². The van der Waals surface area contributed by atoms with Gasteiger partial charge >= 0.3 is 0 Å². The largest absolute Gasteiger partial charge is 0.618 e. The molecule has 0 radical (unpaired) electrons. The van der Waals surface area contributed by atoms with E-state index >= 15 is 0 Å². The number of aromatic nitrogens is 1. The van der Waals surface area contributed by atoms with Gasteiger partial charge in [0.25, 0.3) is 5.03 Å². The van der Waals surface area contributed by atoms with Crippen LogP contribution < -0.4 is 10.0 Å². The van der Waals surface area contributed by atoms with Gasteiger partial charge in [-0.2, -0.15) is 4.73 Å². The van der Waals surface area contributed by atoms with Gasteiger partial charge in [0.15, 0.2) is 6.20 Å². The van der Waals surface area contributed by atoms with Crippen LogP contribution in [0.25, 0.3) is 0 Å². The molecule has 5 heteroatoms. The van der Waals surface area contributed by atoms with Crippen molar-refractivity contribution in [1.29, 1.82) is 0 Å². The molecule has 4 nitrogen and oxygen atoms in total. The van der Waals surface area contributed by atoms with Crippen LogP contribution in [0.5, 0.6) is 0 Å². The molecule has 1 aromatic rings. The number of hydrogen-bond donors (Lipinski definition) is 1. The smallest absolute Gasteiger partial charge is 0.251 e. The van der Waals surface area contributed by atoms with Crippen molar-refractivity contribution in [1.82, 2.24) is 5.32 Å². The predicted octanol–water partition coefficient (Wildman–Crippen LogP) is 1.57. The summed E-state index contributed by atoms with van der Waals surface area (Å²) in [6.45, 7) is 6.09. The Morgan fingerprint density at radius 3 is 2.76 bits per heavy atom. The lowest BCUT2D eigenvalue weighted by molar-refractivity contribution is -0.645. The van der Waals surface area contributed by atoms with Gasteiger partial charge in [-0.05, 0) is 30.7 Å². The summed E-state index contributed by atoms with van der Waals surface area (Å²) in [5, 5.41) is 14.8. The first kappa shape index (κ1) is 13.8. The maximum absolute atomic E-state index is 11.6. The Balaban J connectivity index is 2.41. The van der Waals surface area contributed by atoms with Crippen LogP contribution in [0.15, 0.2) is 29.4 Å². The summed E-state index contributed by atoms with van der Waals surface area (Å²) in [5.74, 6) is 0.633. The molecule has 17 heavy (non-hydrogen) atoms. The van der Waals surface area contributed by atoms with Crippen molar-refractivity contribution in [2.24, 2.45) is 5.92 Å². The Morgan fingerprint density at radius 2 is 2.18 bits per heavy atom. The number of rotatable bonds is 5. The molecule has 1 heterocycles. The third-order valence-corrected chi connectivity index (χ3v) is 3.55. The van der Waals surface area contributed by atoms with E-state index in [2.05, 4.69) is 19.2 Å². The molecule has 1 unspecified atom stereocenters. The summed E-state index contributed by atoms with van der Waals surface area (Å²) in [4.78, 5) is 11.6. The fraction of sp³-hybridized carbons (Fsp3) is 0.500. The van der Waals surface area contributed by atoms with Gasteiger partial charge in [-0.3, -0.25) is 4.79 Å². The standard InChI is InChI=1S/C12H18N2O2S/c1-9(2)10(3)13-11(15)8-17-12-6-4-5-7-14(12)16/h4-7,9-10H,8H2,1-3H3,(H,13,15). The van der Waals surface area contributed by atoms with Gasteiger partial charge in [0.05, 0.1) is 5.75 Å². The molecule has 1 amide bonds. The zero-order valence-electron chi connectivity index (χ0n) is 10.3. The Morgan fingerprint density at radius 1 is 1.47 bits per heavy atom. The zero-order chi connectivity index (χ0) is 12.8. The van der Waals surface area contributed by atoms with E-state index in [1.807, 2.05) is 6.92 Å². The van der Waals surface area contributed by atoms with Crippen LogP contribution in [0, 0.1) is 11.1 Å². The third kappa shape index (κ3) is 4.65. The lowest BCUT2D eigenvalue weighted by Crippen LogP contribution is -2.37. The van der Waals surface area contributed by atoms with Crippen LogP contribution in [0.1, 0.15) is 20.8 Å². The van der Waals surface area contributed by atoms with E-state index in [4.69, 9.17) is 0 Å². The van der Waals surface area contributed by atoms with E-state index in [1.54, 1.807) is 18.2 Å². The number of amides is 1. The maximum Gasteiger partial charge on any atom is 0.251 e. The van der Waals surface area contributed by atoms with Crippen molar-refractivity contribution in [2.75, 3.05) is 5.75 Å². The molecule has 0 aromatic carbocycles. The van der Waals surface area contributed by atoms with Crippen molar-refractivity contribution in [3.8, 4) is 0 Å². The zero-order valence-corrected chi connectivity index (χ0v) is 11.2. The average Bonchev–Trinajstić information content (AvgIpc) is 2.27. The molecule has 0 saturated carbocycles. The lowest BCUT2D eigenvalue weighted by Gasteiger charge is -2.16.